The van der Waals surface area contributed by atoms with Crippen molar-refractivity contribution in [3.63, 3.8) is 0 Å². The lowest BCUT2D eigenvalue weighted by atomic mass is 9.94. The fourth-order valence-electron chi connectivity index (χ4n) is 1.17. The molecule has 4 nitrogen and oxygen atoms in total. The summed E-state index contributed by atoms with van der Waals surface area (Å²) in [6.07, 6.45) is 3.08. The van der Waals surface area contributed by atoms with E-state index in [1.165, 1.54) is 7.11 Å². The molecule has 76 valence electrons. The molecule has 1 atom stereocenters. The van der Waals surface area contributed by atoms with E-state index < -0.39 is 11.6 Å². The Hall–Kier alpha value is -1.42. The van der Waals surface area contributed by atoms with Crippen molar-refractivity contribution in [1.29, 1.82) is 0 Å². The van der Waals surface area contributed by atoms with Crippen molar-refractivity contribution in [1.82, 2.24) is 4.98 Å². The third-order valence-corrected chi connectivity index (χ3v) is 2.02. The Bertz CT molecular complexity index is 308. The smallest absolute Gasteiger partial charge is 0.308 e. The second-order valence-corrected chi connectivity index (χ2v) is 3.26. The van der Waals surface area contributed by atoms with E-state index in [2.05, 4.69) is 9.72 Å². The highest BCUT2D eigenvalue weighted by molar-refractivity contribution is 5.70. The molecule has 0 aromatic carbocycles. The number of aromatic nitrogens is 1. The summed E-state index contributed by atoms with van der Waals surface area (Å²) in [5.74, 6) is -0.438. The topological polar surface area (TPSA) is 59.4 Å². The van der Waals surface area contributed by atoms with Crippen molar-refractivity contribution in [2.24, 2.45) is 0 Å². The number of carbonyl (C=O) groups is 1. The molecule has 1 rings (SSSR count). The van der Waals surface area contributed by atoms with Gasteiger partial charge in [-0.05, 0) is 24.6 Å². The van der Waals surface area contributed by atoms with Gasteiger partial charge in [0, 0.05) is 12.4 Å². The van der Waals surface area contributed by atoms with Gasteiger partial charge in [0.2, 0.25) is 0 Å². The van der Waals surface area contributed by atoms with E-state index in [9.17, 15) is 9.90 Å². The molecular weight excluding hydrogens is 182 g/mol. The summed E-state index contributed by atoms with van der Waals surface area (Å²) < 4.78 is 4.49. The molecule has 0 fully saturated rings. The third-order valence-electron chi connectivity index (χ3n) is 2.02. The first-order chi connectivity index (χ1) is 6.56. The van der Waals surface area contributed by atoms with Gasteiger partial charge < -0.3 is 9.84 Å². The average Bonchev–Trinajstić information content (AvgIpc) is 2.18. The minimum Gasteiger partial charge on any atom is -0.469 e. The fraction of sp³-hybridized carbons (Fsp3) is 0.400. The molecule has 0 bridgehead atoms. The molecule has 0 aliphatic rings. The number of methoxy groups -OCH3 is 1. The van der Waals surface area contributed by atoms with Crippen LogP contribution in [0.1, 0.15) is 18.9 Å². The van der Waals surface area contributed by atoms with Crippen LogP contribution in [0.15, 0.2) is 24.5 Å². The number of rotatable bonds is 3. The Morgan fingerprint density at radius 2 is 2.14 bits per heavy atom. The predicted octanol–water partition coefficient (Wildman–Crippen LogP) is 0.852. The van der Waals surface area contributed by atoms with Crippen molar-refractivity contribution >= 4 is 5.97 Å². The SMILES string of the molecule is COC(=O)CC(C)(O)c1ccncc1. The average molecular weight is 195 g/mol. The third kappa shape index (κ3) is 2.53. The second kappa shape index (κ2) is 4.19. The van der Waals surface area contributed by atoms with Crippen LogP contribution in [0, 0.1) is 0 Å². The molecule has 1 aromatic rings. The number of esters is 1. The maximum atomic E-state index is 11.0. The number of carbonyl (C=O) groups excluding carboxylic acids is 1. The molecule has 0 radical (unpaired) electrons. The predicted molar refractivity (Wildman–Crippen MR) is 50.4 cm³/mol. The summed E-state index contributed by atoms with van der Waals surface area (Å²) in [6.45, 7) is 1.57. The highest BCUT2D eigenvalue weighted by Gasteiger charge is 2.26. The molecule has 1 heterocycles. The van der Waals surface area contributed by atoms with Crippen LogP contribution in [0.5, 0.6) is 0 Å². The molecule has 14 heavy (non-hydrogen) atoms. The summed E-state index contributed by atoms with van der Waals surface area (Å²) in [5.41, 5.74) is -0.548. The molecule has 0 aliphatic carbocycles. The fourth-order valence-corrected chi connectivity index (χ4v) is 1.17. The molecule has 1 aromatic heterocycles. The Kier molecular flexibility index (Phi) is 3.19. The van der Waals surface area contributed by atoms with E-state index in [-0.39, 0.29) is 6.42 Å². The highest BCUT2D eigenvalue weighted by Crippen LogP contribution is 2.23. The number of nitrogens with zero attached hydrogens (tertiary/aromatic N) is 1. The molecule has 1 N–H and O–H groups in total. The first-order valence-corrected chi connectivity index (χ1v) is 4.26. The van der Waals surface area contributed by atoms with Gasteiger partial charge in [-0.15, -0.1) is 0 Å². The van der Waals surface area contributed by atoms with E-state index in [1.807, 2.05) is 0 Å². The van der Waals surface area contributed by atoms with Gasteiger partial charge in [-0.2, -0.15) is 0 Å². The standard InChI is InChI=1S/C10H13NO3/c1-10(13,7-9(12)14-2)8-3-5-11-6-4-8/h3-6,13H,7H2,1-2H3. The van der Waals surface area contributed by atoms with Crippen molar-refractivity contribution in [2.75, 3.05) is 7.11 Å². The molecule has 0 amide bonds. The summed E-state index contributed by atoms with van der Waals surface area (Å²) in [4.78, 5) is 14.8. The maximum Gasteiger partial charge on any atom is 0.308 e. The lowest BCUT2D eigenvalue weighted by Gasteiger charge is -2.21. The monoisotopic (exact) mass is 195 g/mol. The molecule has 0 saturated heterocycles. The number of hydrogen-bond acceptors (Lipinski definition) is 4. The van der Waals surface area contributed by atoms with Gasteiger partial charge in [0.25, 0.3) is 0 Å². The van der Waals surface area contributed by atoms with Crippen LogP contribution < -0.4 is 0 Å². The lowest BCUT2D eigenvalue weighted by molar-refractivity contribution is -0.145. The van der Waals surface area contributed by atoms with Gasteiger partial charge >= 0.3 is 5.97 Å². The van der Waals surface area contributed by atoms with E-state index >= 15 is 0 Å². The molecule has 0 spiro atoms. The zero-order valence-electron chi connectivity index (χ0n) is 8.23. The maximum absolute atomic E-state index is 11.0. The summed E-state index contributed by atoms with van der Waals surface area (Å²) in [6, 6.07) is 3.34. The molecular formula is C10H13NO3. The van der Waals surface area contributed by atoms with Crippen LogP contribution in [-0.4, -0.2) is 23.2 Å². The van der Waals surface area contributed by atoms with E-state index in [1.54, 1.807) is 31.5 Å². The van der Waals surface area contributed by atoms with Crippen LogP contribution in [0.2, 0.25) is 0 Å². The molecule has 4 heteroatoms. The zero-order chi connectivity index (χ0) is 10.6. The van der Waals surface area contributed by atoms with Gasteiger partial charge in [-0.25, -0.2) is 0 Å². The zero-order valence-corrected chi connectivity index (χ0v) is 8.23. The van der Waals surface area contributed by atoms with Crippen molar-refractivity contribution < 1.29 is 14.6 Å². The number of pyridine rings is 1. The Labute approximate surface area is 82.5 Å². The summed E-state index contributed by atoms with van der Waals surface area (Å²) in [7, 11) is 1.30. The molecule has 0 saturated carbocycles. The number of hydrogen-bond donors (Lipinski definition) is 1. The van der Waals surface area contributed by atoms with Gasteiger partial charge in [0.1, 0.15) is 0 Å². The normalized spacial score (nSPS) is 14.5. The van der Waals surface area contributed by atoms with E-state index in [0.717, 1.165) is 0 Å². The van der Waals surface area contributed by atoms with Gasteiger partial charge in [-0.3, -0.25) is 9.78 Å². The van der Waals surface area contributed by atoms with Crippen LogP contribution >= 0.6 is 0 Å². The van der Waals surface area contributed by atoms with Crippen molar-refractivity contribution in [3.8, 4) is 0 Å². The van der Waals surface area contributed by atoms with Crippen LogP contribution in [0.3, 0.4) is 0 Å². The largest absolute Gasteiger partial charge is 0.469 e. The van der Waals surface area contributed by atoms with Crippen molar-refractivity contribution in [3.05, 3.63) is 30.1 Å². The number of ether oxygens (including phenoxy) is 1. The van der Waals surface area contributed by atoms with Crippen LogP contribution in [0.25, 0.3) is 0 Å². The second-order valence-electron chi connectivity index (χ2n) is 3.26. The Morgan fingerprint density at radius 3 is 2.64 bits per heavy atom. The first kappa shape index (κ1) is 10.7. The minimum absolute atomic E-state index is 0.0620. The summed E-state index contributed by atoms with van der Waals surface area (Å²) >= 11 is 0. The van der Waals surface area contributed by atoms with Crippen LogP contribution in [-0.2, 0) is 15.1 Å². The van der Waals surface area contributed by atoms with Gasteiger partial charge in [-0.1, -0.05) is 0 Å². The van der Waals surface area contributed by atoms with E-state index in [4.69, 9.17) is 0 Å². The molecule has 0 aliphatic heterocycles. The quantitative estimate of drug-likeness (QED) is 0.726. The minimum atomic E-state index is -1.20. The Balaban J connectivity index is 2.80. The van der Waals surface area contributed by atoms with Gasteiger partial charge in [0.05, 0.1) is 19.1 Å². The summed E-state index contributed by atoms with van der Waals surface area (Å²) in [5, 5.41) is 9.96. The lowest BCUT2D eigenvalue weighted by Crippen LogP contribution is -2.25. The van der Waals surface area contributed by atoms with Gasteiger partial charge in [0.15, 0.2) is 0 Å². The number of aliphatic hydroxyl groups is 1. The Morgan fingerprint density at radius 1 is 1.57 bits per heavy atom. The van der Waals surface area contributed by atoms with Crippen LogP contribution in [0.4, 0.5) is 0 Å². The highest BCUT2D eigenvalue weighted by atomic mass is 16.5. The first-order valence-electron chi connectivity index (χ1n) is 4.26. The van der Waals surface area contributed by atoms with E-state index in [0.29, 0.717) is 5.56 Å². The molecule has 1 unspecified atom stereocenters. The van der Waals surface area contributed by atoms with Crippen molar-refractivity contribution in [2.45, 2.75) is 18.9 Å².